The van der Waals surface area contributed by atoms with Gasteiger partial charge in [0.2, 0.25) is 0 Å². The van der Waals surface area contributed by atoms with Crippen LogP contribution in [-0.4, -0.2) is 12.6 Å². The van der Waals surface area contributed by atoms with Crippen LogP contribution in [0.3, 0.4) is 0 Å². The van der Waals surface area contributed by atoms with Gasteiger partial charge in [0.25, 0.3) is 0 Å². The van der Waals surface area contributed by atoms with Crippen molar-refractivity contribution in [3.8, 4) is 22.6 Å². The van der Waals surface area contributed by atoms with E-state index >= 15 is 0 Å². The Labute approximate surface area is 145 Å². The standard InChI is InChI=1S/C20H18F2O3/c1-12(2)11-24-18-7-5-14(9-16(18)21)15-6-8-19(17(22)10-15)25-20(23)13(3)4/h5-10H,1,3,11H2,2,4H3. The van der Waals surface area contributed by atoms with E-state index < -0.39 is 17.6 Å². The third-order valence-corrected chi connectivity index (χ3v) is 3.22. The highest BCUT2D eigenvalue weighted by Gasteiger charge is 2.12. The molecule has 0 atom stereocenters. The van der Waals surface area contributed by atoms with E-state index in [1.54, 1.807) is 13.0 Å². The van der Waals surface area contributed by atoms with Crippen LogP contribution in [0.1, 0.15) is 13.8 Å². The topological polar surface area (TPSA) is 35.5 Å². The molecule has 130 valence electrons. The minimum atomic E-state index is -0.727. The second-order valence-corrected chi connectivity index (χ2v) is 5.71. The van der Waals surface area contributed by atoms with Gasteiger partial charge in [0, 0.05) is 5.57 Å². The molecule has 0 spiro atoms. The number of rotatable bonds is 6. The summed E-state index contributed by atoms with van der Waals surface area (Å²) >= 11 is 0. The average molecular weight is 344 g/mol. The van der Waals surface area contributed by atoms with Crippen molar-refractivity contribution >= 4 is 5.97 Å². The Morgan fingerprint density at radius 2 is 1.48 bits per heavy atom. The maximum atomic E-state index is 14.1. The van der Waals surface area contributed by atoms with E-state index in [0.29, 0.717) is 11.1 Å². The number of hydrogen-bond donors (Lipinski definition) is 0. The van der Waals surface area contributed by atoms with Gasteiger partial charge in [0.15, 0.2) is 23.1 Å². The van der Waals surface area contributed by atoms with Gasteiger partial charge in [0.05, 0.1) is 0 Å². The van der Waals surface area contributed by atoms with Crippen LogP contribution in [0.5, 0.6) is 11.5 Å². The SMILES string of the molecule is C=C(C)COc1ccc(-c2ccc(OC(=O)C(=C)C)c(F)c2)cc1F. The molecule has 2 aromatic rings. The number of carbonyl (C=O) groups excluding carboxylic acids is 1. The van der Waals surface area contributed by atoms with Crippen molar-refractivity contribution < 1.29 is 23.0 Å². The number of esters is 1. The van der Waals surface area contributed by atoms with E-state index in [0.717, 1.165) is 5.57 Å². The minimum absolute atomic E-state index is 0.0965. The largest absolute Gasteiger partial charge is 0.486 e. The molecular formula is C20H18F2O3. The molecule has 0 saturated heterocycles. The van der Waals surface area contributed by atoms with Crippen molar-refractivity contribution in [2.75, 3.05) is 6.61 Å². The highest BCUT2D eigenvalue weighted by Crippen LogP contribution is 2.29. The quantitative estimate of drug-likeness (QED) is 0.318. The molecule has 0 radical (unpaired) electrons. The van der Waals surface area contributed by atoms with Crippen LogP contribution < -0.4 is 9.47 Å². The summed E-state index contributed by atoms with van der Waals surface area (Å²) in [5.74, 6) is -2.11. The normalized spacial score (nSPS) is 10.2. The number of benzene rings is 2. The smallest absolute Gasteiger partial charge is 0.338 e. The van der Waals surface area contributed by atoms with E-state index in [2.05, 4.69) is 13.2 Å². The number of halogens is 2. The van der Waals surface area contributed by atoms with Crippen molar-refractivity contribution in [2.24, 2.45) is 0 Å². The zero-order chi connectivity index (χ0) is 18.6. The lowest BCUT2D eigenvalue weighted by atomic mass is 10.0. The van der Waals surface area contributed by atoms with Gasteiger partial charge < -0.3 is 9.47 Å². The summed E-state index contributed by atoms with van der Waals surface area (Å²) < 4.78 is 38.4. The van der Waals surface area contributed by atoms with E-state index in [4.69, 9.17) is 9.47 Å². The lowest BCUT2D eigenvalue weighted by Gasteiger charge is -2.10. The third-order valence-electron chi connectivity index (χ3n) is 3.22. The average Bonchev–Trinajstić information content (AvgIpc) is 2.55. The molecule has 2 rings (SSSR count). The van der Waals surface area contributed by atoms with Crippen LogP contribution in [0.4, 0.5) is 8.78 Å². The van der Waals surface area contributed by atoms with Crippen LogP contribution in [-0.2, 0) is 4.79 Å². The molecule has 3 nitrogen and oxygen atoms in total. The molecule has 0 aromatic heterocycles. The van der Waals surface area contributed by atoms with E-state index in [-0.39, 0.29) is 23.7 Å². The predicted molar refractivity (Wildman–Crippen MR) is 92.6 cm³/mol. The van der Waals surface area contributed by atoms with E-state index in [1.807, 2.05) is 0 Å². The maximum absolute atomic E-state index is 14.1. The van der Waals surface area contributed by atoms with Gasteiger partial charge in [0.1, 0.15) is 6.61 Å². The zero-order valence-electron chi connectivity index (χ0n) is 14.1. The lowest BCUT2D eigenvalue weighted by Crippen LogP contribution is -2.09. The molecule has 5 heteroatoms. The zero-order valence-corrected chi connectivity index (χ0v) is 14.1. The first-order chi connectivity index (χ1) is 11.8. The van der Waals surface area contributed by atoms with E-state index in [1.165, 1.54) is 37.3 Å². The molecule has 0 aliphatic rings. The Balaban J connectivity index is 2.23. The summed E-state index contributed by atoms with van der Waals surface area (Å²) in [7, 11) is 0. The molecule has 0 saturated carbocycles. The second kappa shape index (κ2) is 7.75. The Morgan fingerprint density at radius 1 is 0.960 bits per heavy atom. The van der Waals surface area contributed by atoms with Crippen molar-refractivity contribution in [2.45, 2.75) is 13.8 Å². The molecule has 0 bridgehead atoms. The van der Waals surface area contributed by atoms with Crippen LogP contribution in [0, 0.1) is 11.6 Å². The van der Waals surface area contributed by atoms with Gasteiger partial charge in [-0.15, -0.1) is 0 Å². The summed E-state index contributed by atoms with van der Waals surface area (Å²) in [6.45, 7) is 10.6. The van der Waals surface area contributed by atoms with Crippen LogP contribution >= 0.6 is 0 Å². The fraction of sp³-hybridized carbons (Fsp3) is 0.150. The van der Waals surface area contributed by atoms with Gasteiger partial charge in [-0.3, -0.25) is 0 Å². The second-order valence-electron chi connectivity index (χ2n) is 5.71. The highest BCUT2D eigenvalue weighted by atomic mass is 19.1. The van der Waals surface area contributed by atoms with Crippen molar-refractivity contribution in [3.63, 3.8) is 0 Å². The first kappa shape index (κ1) is 18.4. The maximum Gasteiger partial charge on any atom is 0.338 e. The predicted octanol–water partition coefficient (Wildman–Crippen LogP) is 5.07. The molecule has 0 heterocycles. The molecule has 2 aromatic carbocycles. The first-order valence-corrected chi connectivity index (χ1v) is 7.52. The van der Waals surface area contributed by atoms with Gasteiger partial charge >= 0.3 is 5.97 Å². The lowest BCUT2D eigenvalue weighted by molar-refractivity contribution is -0.130. The number of carbonyl (C=O) groups is 1. The van der Waals surface area contributed by atoms with Gasteiger partial charge in [-0.25, -0.2) is 13.6 Å². The Bertz CT molecular complexity index is 841. The molecule has 0 unspecified atom stereocenters. The summed E-state index contributed by atoms with van der Waals surface area (Å²) in [5, 5.41) is 0. The van der Waals surface area contributed by atoms with Crippen molar-refractivity contribution in [1.29, 1.82) is 0 Å². The first-order valence-electron chi connectivity index (χ1n) is 7.52. The van der Waals surface area contributed by atoms with Crippen LogP contribution in [0.25, 0.3) is 11.1 Å². The number of hydrogen-bond acceptors (Lipinski definition) is 3. The molecule has 0 N–H and O–H groups in total. The summed E-state index contributed by atoms with van der Waals surface area (Å²) in [6.07, 6.45) is 0. The fourth-order valence-corrected chi connectivity index (χ4v) is 1.95. The molecule has 0 aliphatic carbocycles. The Kier molecular flexibility index (Phi) is 5.70. The summed E-state index contributed by atoms with van der Waals surface area (Å²) in [4.78, 5) is 11.5. The van der Waals surface area contributed by atoms with Crippen molar-refractivity contribution in [1.82, 2.24) is 0 Å². The van der Waals surface area contributed by atoms with Crippen molar-refractivity contribution in [3.05, 3.63) is 72.3 Å². The van der Waals surface area contributed by atoms with Gasteiger partial charge in [-0.1, -0.05) is 25.3 Å². The summed E-state index contributed by atoms with van der Waals surface area (Å²) in [5.41, 5.74) is 1.84. The Hall–Kier alpha value is -2.95. The summed E-state index contributed by atoms with van der Waals surface area (Å²) in [6, 6.07) is 8.36. The molecular weight excluding hydrogens is 326 g/mol. The minimum Gasteiger partial charge on any atom is -0.486 e. The highest BCUT2D eigenvalue weighted by molar-refractivity contribution is 5.88. The monoisotopic (exact) mass is 344 g/mol. The third kappa shape index (κ3) is 4.76. The van der Waals surface area contributed by atoms with Gasteiger partial charge in [-0.2, -0.15) is 0 Å². The Morgan fingerprint density at radius 3 is 1.92 bits per heavy atom. The van der Waals surface area contributed by atoms with Crippen LogP contribution in [0.15, 0.2) is 60.7 Å². The fourth-order valence-electron chi connectivity index (χ4n) is 1.95. The molecule has 0 aliphatic heterocycles. The number of ether oxygens (including phenoxy) is 2. The molecule has 25 heavy (non-hydrogen) atoms. The van der Waals surface area contributed by atoms with E-state index in [9.17, 15) is 13.6 Å². The van der Waals surface area contributed by atoms with Crippen LogP contribution in [0.2, 0.25) is 0 Å². The molecule has 0 fully saturated rings. The van der Waals surface area contributed by atoms with Gasteiger partial charge in [-0.05, 0) is 54.8 Å². The molecule has 0 amide bonds.